The molecule has 0 bridgehead atoms. The Kier molecular flexibility index (Phi) is 42.2. The van der Waals surface area contributed by atoms with Crippen molar-refractivity contribution in [2.45, 2.75) is 205 Å². The highest BCUT2D eigenvalue weighted by atomic mass is 32.1. The number of hydrogen-bond donors (Lipinski definition) is 19. The fourth-order valence-corrected chi connectivity index (χ4v) is 13.8. The van der Waals surface area contributed by atoms with Crippen molar-refractivity contribution in [2.24, 2.45) is 46.5 Å². The van der Waals surface area contributed by atoms with Crippen molar-refractivity contribution < 1.29 is 121 Å². The molecule has 0 saturated heterocycles. The summed E-state index contributed by atoms with van der Waals surface area (Å²) in [4.78, 5) is 271. The van der Waals surface area contributed by atoms with Gasteiger partial charge in [-0.15, -0.1) is 0 Å². The van der Waals surface area contributed by atoms with Crippen LogP contribution in [0.4, 0.5) is 0 Å². The van der Waals surface area contributed by atoms with Crippen LogP contribution < -0.4 is 59.3 Å². The van der Waals surface area contributed by atoms with Gasteiger partial charge in [-0.05, 0) is 78.1 Å². The first kappa shape index (κ1) is 103. The van der Waals surface area contributed by atoms with Crippen molar-refractivity contribution in [3.05, 3.63) is 114 Å². The van der Waals surface area contributed by atoms with Gasteiger partial charge in [-0.3, -0.25) is 95.9 Å². The van der Waals surface area contributed by atoms with Crippen LogP contribution in [0, 0.1) is 35.0 Å². The Balaban J connectivity index is 1.64. The summed E-state index contributed by atoms with van der Waals surface area (Å²) in [7, 11) is 0. The van der Waals surface area contributed by atoms with Crippen LogP contribution in [0.25, 0.3) is 10.8 Å². The van der Waals surface area contributed by atoms with E-state index in [-0.39, 0.29) is 35.7 Å². The van der Waals surface area contributed by atoms with E-state index in [1.54, 1.807) is 93.6 Å². The van der Waals surface area contributed by atoms with Crippen LogP contribution in [0.2, 0.25) is 0 Å². The van der Waals surface area contributed by atoms with E-state index in [0.29, 0.717) is 21.9 Å². The zero-order chi connectivity index (χ0) is 91.6. The van der Waals surface area contributed by atoms with E-state index in [4.69, 9.17) is 11.5 Å². The average molecular weight is 1760 g/mol. The van der Waals surface area contributed by atoms with Gasteiger partial charge in [0, 0.05) is 105 Å². The Bertz CT molecular complexity index is 4460. The smallest absolute Gasteiger partial charge is 0.305 e. The number of benzene rings is 4. The highest BCUT2D eigenvalue weighted by Crippen LogP contribution is 2.26. The molecule has 4 aromatic rings. The first-order valence-electron chi connectivity index (χ1n) is 39.2. The lowest BCUT2D eigenvalue weighted by Crippen LogP contribution is -2.61. The summed E-state index contributed by atoms with van der Waals surface area (Å²) >= 11 is 12.5. The van der Waals surface area contributed by atoms with E-state index >= 15 is 0 Å². The number of fused-ring (bicyclic) bond motifs is 1. The Morgan fingerprint density at radius 3 is 1.25 bits per heavy atom. The monoisotopic (exact) mass is 1760 g/mol. The Hall–Kier alpha value is -11.5. The van der Waals surface area contributed by atoms with Crippen LogP contribution in [0.5, 0.6) is 5.75 Å². The van der Waals surface area contributed by atoms with E-state index in [2.05, 4.69) is 85.7 Å². The molecule has 0 heterocycles. The Morgan fingerprint density at radius 1 is 0.369 bits per heavy atom. The molecule has 39 heteroatoms. The minimum atomic E-state index is -2.03. The largest absolute Gasteiger partial charge is 0.508 e. The number of aliphatic carboxylic acids is 4. The number of aromatic hydroxyl groups is 1. The van der Waals surface area contributed by atoms with E-state index in [9.17, 15) is 121 Å². The topological polar surface area (TPSA) is 603 Å². The first-order valence-corrected chi connectivity index (χ1v) is 41.0. The van der Waals surface area contributed by atoms with Crippen LogP contribution in [-0.4, -0.2) is 221 Å². The average Bonchev–Trinajstić information content (AvgIpc) is 0.844. The van der Waals surface area contributed by atoms with Gasteiger partial charge in [0.15, 0.2) is 34.7 Å². The van der Waals surface area contributed by atoms with Gasteiger partial charge in [0.1, 0.15) is 23.9 Å². The molecule has 122 heavy (non-hydrogen) atoms. The van der Waals surface area contributed by atoms with Gasteiger partial charge in [0.25, 0.3) is 0 Å². The lowest BCUT2D eigenvalue weighted by Gasteiger charge is -2.33. The van der Waals surface area contributed by atoms with Crippen molar-refractivity contribution in [1.29, 1.82) is 0 Å². The number of thiol groups is 3. The minimum Gasteiger partial charge on any atom is -0.508 e. The summed E-state index contributed by atoms with van der Waals surface area (Å²) in [6.45, 7) is 9.84. The number of rotatable bonds is 55. The lowest BCUT2D eigenvalue weighted by atomic mass is 9.85. The number of Topliss-reactive ketones (excluding diaryl/α,β-unsaturated/α-hetero) is 6. The third-order valence-corrected chi connectivity index (χ3v) is 21.0. The number of ketones is 6. The number of phenols is 1. The first-order chi connectivity index (χ1) is 57.2. The summed E-state index contributed by atoms with van der Waals surface area (Å²) in [5.41, 5.74) is 11.2. The molecule has 18 N–H and O–H groups in total. The number of carbonyl (C=O) groups is 20. The van der Waals surface area contributed by atoms with Crippen LogP contribution >= 0.6 is 37.9 Å². The molecule has 4 rings (SSSR count). The van der Waals surface area contributed by atoms with E-state index in [0.717, 1.165) is 0 Å². The number of carbonyl (C=O) groups excluding carboxylic acids is 16. The summed E-state index contributed by atoms with van der Waals surface area (Å²) in [5, 5.41) is 73.4. The number of primary amides is 1. The fraction of sp³-hybridized carbons (Fsp3) is 0.494. The summed E-state index contributed by atoms with van der Waals surface area (Å²) in [6, 6.07) is 9.85. The molecule has 0 aliphatic carbocycles. The van der Waals surface area contributed by atoms with Gasteiger partial charge < -0.3 is 84.9 Å². The molecule has 0 saturated carbocycles. The molecule has 0 fully saturated rings. The molecule has 15 atom stereocenters. The van der Waals surface area contributed by atoms with Gasteiger partial charge in [0.05, 0.1) is 61.6 Å². The van der Waals surface area contributed by atoms with Crippen LogP contribution in [0.3, 0.4) is 0 Å². The van der Waals surface area contributed by atoms with Gasteiger partial charge >= 0.3 is 23.9 Å². The van der Waals surface area contributed by atoms with E-state index in [1.807, 2.05) is 0 Å². The van der Waals surface area contributed by atoms with Crippen molar-refractivity contribution >= 4 is 166 Å². The highest BCUT2D eigenvalue weighted by molar-refractivity contribution is 7.80. The molecule has 0 aliphatic heterocycles. The molecule has 0 aliphatic rings. The molecule has 0 radical (unpaired) electrons. The molecule has 10 amide bonds. The number of carboxylic acids is 4. The number of nitrogens with two attached hydrogens (primary N) is 2. The minimum absolute atomic E-state index is 0.120. The molecule has 0 spiro atoms. The SMILES string of the molecule is CC(=O)[C@H](CS)NC(=O)[C@@H](NC(=O)[C@H](CC(=O)O)NC(=O)[C@H](Cc1ccc(O)cc1)NC(=O)[C@@H](CC(=O)[C@H](CC(=O)O)NC(=O)[C@H](CCC(=O)O)CC(=O)[C@H](CS)NC(=O)[C@@H](C)CC(=O)[C@H](Cc1cccc2ccccc12)NC(=O)[C@H](CCC(=O)O)CC(=O)[C@H](CC(N)=O)NC(=O)[C@@H](C)CC(=O)[C@H](CS)NC(=O)[C@H](C)N)Cc1ccccc1)C(C)(C)C. The normalized spacial score (nSPS) is 15.0. The molecule has 0 aromatic heterocycles. The molecule has 664 valence electrons. The predicted molar refractivity (Wildman–Crippen MR) is 451 cm³/mol. The third kappa shape index (κ3) is 34.9. The van der Waals surface area contributed by atoms with Gasteiger partial charge in [0.2, 0.25) is 59.1 Å². The van der Waals surface area contributed by atoms with Crippen molar-refractivity contribution in [3.8, 4) is 5.75 Å². The second-order valence-electron chi connectivity index (χ2n) is 31.1. The third-order valence-electron chi connectivity index (χ3n) is 19.9. The second kappa shape index (κ2) is 50.1. The molecule has 0 unspecified atom stereocenters. The maximum Gasteiger partial charge on any atom is 0.305 e. The molecular weight excluding hydrogens is 1650 g/mol. The second-order valence-corrected chi connectivity index (χ2v) is 32.2. The number of nitrogens with one attached hydrogen (secondary N) is 9. The highest BCUT2D eigenvalue weighted by Gasteiger charge is 2.41. The number of hydrogen-bond acceptors (Lipinski definition) is 25. The van der Waals surface area contributed by atoms with Crippen LogP contribution in [0.15, 0.2) is 97.1 Å². The van der Waals surface area contributed by atoms with Crippen molar-refractivity contribution in [3.63, 3.8) is 0 Å². The molecule has 4 aromatic carbocycles. The standard InChI is InChI=1S/C83H109N11O25S3/c1-42(28-63(97)55(32-49-18-13-17-48-16-11-12-19-54(48)49)87-77(114)50(22-26-69(103)104)33-65(99)56(36-68(85)102)86-74(111)43(2)29-64(98)61(40-121)93-76(113)44(3)84)75(112)92-62(41-122)67(101)34-51(23-27-70(105)106)78(115)88-57(37-71(107)108)66(100)35-52(30-46-14-9-8-10-15-46)79(116)89-58(31-47-20-24-53(96)25-21-47)80(117)90-59(38-72(109)110)81(118)94-73(83(5,6)7)82(119)91-60(39-120)45(4)95/h8-21,24-25,42-44,50-52,55-62,73,96,120-122H,22-23,26-41,84H2,1-7H3,(H2,85,102)(H,86,111)(H,87,114)(H,88,115)(H,89,116)(H,90,117)(H,91,119)(H,92,112)(H,93,113)(H,94,118)(H,103,104)(H,105,106)(H,107,108)(H,109,110)/t42-,43-,44-,50+,51+,52+,55-,56-,57-,58-,59-,60-,61-,62-,73+/m0/s1. The number of phenolic OH excluding ortho intramolecular Hbond substituents is 1. The van der Waals surface area contributed by atoms with Crippen LogP contribution in [-0.2, 0) is 115 Å². The maximum absolute atomic E-state index is 14.9. The van der Waals surface area contributed by atoms with E-state index < -0.39 is 302 Å². The summed E-state index contributed by atoms with van der Waals surface area (Å²) in [5.74, 6) is -29.8. The van der Waals surface area contributed by atoms with Crippen molar-refractivity contribution in [2.75, 3.05) is 17.3 Å². The lowest BCUT2D eigenvalue weighted by molar-refractivity contribution is -0.142. The Labute approximate surface area is 720 Å². The van der Waals surface area contributed by atoms with Gasteiger partial charge in [-0.2, -0.15) is 37.9 Å². The molecular formula is C83H109N11O25S3. The predicted octanol–water partition coefficient (Wildman–Crippen LogP) is 1.18. The number of amides is 10. The van der Waals surface area contributed by atoms with Gasteiger partial charge in [-0.25, -0.2) is 0 Å². The van der Waals surface area contributed by atoms with E-state index in [1.165, 1.54) is 52.0 Å². The van der Waals surface area contributed by atoms with Crippen LogP contribution in [0.1, 0.15) is 142 Å². The summed E-state index contributed by atoms with van der Waals surface area (Å²) in [6.07, 6.45) is -10.6. The zero-order valence-corrected chi connectivity index (χ0v) is 71.2. The quantitative estimate of drug-likeness (QED) is 0.0276. The zero-order valence-electron chi connectivity index (χ0n) is 68.5. The van der Waals surface area contributed by atoms with Crippen molar-refractivity contribution in [1.82, 2.24) is 47.9 Å². The van der Waals surface area contributed by atoms with Gasteiger partial charge in [-0.1, -0.05) is 120 Å². The maximum atomic E-state index is 14.9. The fourth-order valence-electron chi connectivity index (χ4n) is 12.9. The Morgan fingerprint density at radius 2 is 0.762 bits per heavy atom. The summed E-state index contributed by atoms with van der Waals surface area (Å²) < 4.78 is 0. The molecule has 36 nitrogen and oxygen atoms in total. The number of carboxylic acid groups (broad SMARTS) is 4.